The van der Waals surface area contributed by atoms with Crippen molar-refractivity contribution in [2.24, 2.45) is 0 Å². The molecule has 1 unspecified atom stereocenters. The third-order valence-electron chi connectivity index (χ3n) is 4.00. The molecule has 3 rings (SSSR count). The Kier molecular flexibility index (Phi) is 4.58. The molecule has 1 aromatic carbocycles. The quantitative estimate of drug-likeness (QED) is 0.608. The summed E-state index contributed by atoms with van der Waals surface area (Å²) in [5.74, 6) is -3.59. The van der Waals surface area contributed by atoms with Gasteiger partial charge < -0.3 is 4.84 Å². The molecule has 1 N–H and O–H groups in total. The van der Waals surface area contributed by atoms with Crippen molar-refractivity contribution in [2.75, 3.05) is 18.1 Å². The van der Waals surface area contributed by atoms with E-state index in [1.165, 1.54) is 12.1 Å². The zero-order valence-electron chi connectivity index (χ0n) is 13.2. The Morgan fingerprint density at radius 3 is 2.27 bits per heavy atom. The fraction of sp³-hybridized carbons (Fsp3) is 0.357. The van der Waals surface area contributed by atoms with Crippen molar-refractivity contribution in [1.29, 1.82) is 0 Å². The normalized spacial score (nSPS) is 21.7. The molecule has 12 heteroatoms. The number of nitrogens with zero attached hydrogens (tertiary/aromatic N) is 1. The molecule has 0 aromatic heterocycles. The second-order valence-electron chi connectivity index (χ2n) is 5.80. The number of nitrogens with one attached hydrogen (secondary N) is 1. The molecule has 0 bridgehead atoms. The van der Waals surface area contributed by atoms with E-state index in [9.17, 15) is 31.2 Å². The maximum atomic E-state index is 12.0. The summed E-state index contributed by atoms with van der Waals surface area (Å²) in [6.45, 7) is -0.841. The van der Waals surface area contributed by atoms with Gasteiger partial charge in [0.05, 0.1) is 27.9 Å². The molecule has 2 heterocycles. The molecule has 0 spiro atoms. The number of hydrogen-bond donors (Lipinski definition) is 1. The van der Waals surface area contributed by atoms with E-state index in [-0.39, 0.29) is 28.4 Å². The Labute approximate surface area is 149 Å². The second-order valence-corrected chi connectivity index (χ2v) is 10.1. The van der Waals surface area contributed by atoms with Crippen LogP contribution < -0.4 is 4.72 Å². The number of carbonyl (C=O) groups is 3. The van der Waals surface area contributed by atoms with Crippen molar-refractivity contribution in [1.82, 2.24) is 9.79 Å². The summed E-state index contributed by atoms with van der Waals surface area (Å²) in [5, 5.41) is -0.888. The maximum absolute atomic E-state index is 12.0. The molecule has 26 heavy (non-hydrogen) atoms. The summed E-state index contributed by atoms with van der Waals surface area (Å²) in [4.78, 5) is 40.6. The molecular weight excluding hydrogens is 388 g/mol. The first-order valence-corrected chi connectivity index (χ1v) is 10.8. The molecule has 0 radical (unpaired) electrons. The summed E-state index contributed by atoms with van der Waals surface area (Å²) in [7, 11) is -7.47. The van der Waals surface area contributed by atoms with Gasteiger partial charge in [0.15, 0.2) is 9.84 Å². The Morgan fingerprint density at radius 1 is 1.19 bits per heavy atom. The minimum absolute atomic E-state index is 0.0644. The number of sulfonamides is 1. The molecule has 10 nitrogen and oxygen atoms in total. The Balaban J connectivity index is 1.60. The molecule has 0 aliphatic carbocycles. The van der Waals surface area contributed by atoms with E-state index in [0.717, 1.165) is 0 Å². The third-order valence-corrected chi connectivity index (χ3v) is 7.80. The van der Waals surface area contributed by atoms with Crippen molar-refractivity contribution in [3.05, 3.63) is 35.4 Å². The van der Waals surface area contributed by atoms with Gasteiger partial charge in [0, 0.05) is 0 Å². The fourth-order valence-corrected chi connectivity index (χ4v) is 6.68. The zero-order chi connectivity index (χ0) is 19.1. The molecule has 140 valence electrons. The second kappa shape index (κ2) is 6.45. The standard InChI is InChI=1S/C14H14N2O8S2/c17-12(7-15-26(22,23)9-5-6-25(20,21)8-9)24-16-13(18)10-3-1-2-4-11(10)14(16)19/h1-4,9,15H,5-8H2. The molecule has 2 aliphatic heterocycles. The number of hydroxylamine groups is 2. The van der Waals surface area contributed by atoms with Crippen LogP contribution in [-0.2, 0) is 29.5 Å². The minimum atomic E-state index is -4.06. The number of rotatable bonds is 5. The number of amides is 2. The van der Waals surface area contributed by atoms with Gasteiger partial charge in [-0.2, -0.15) is 0 Å². The summed E-state index contributed by atoms with van der Waals surface area (Å²) < 4.78 is 48.8. The van der Waals surface area contributed by atoms with Gasteiger partial charge in [-0.1, -0.05) is 17.2 Å². The highest BCUT2D eigenvalue weighted by Crippen LogP contribution is 2.22. The lowest BCUT2D eigenvalue weighted by atomic mass is 10.1. The molecule has 1 saturated heterocycles. The van der Waals surface area contributed by atoms with Crippen LogP contribution in [0.3, 0.4) is 0 Å². The smallest absolute Gasteiger partial charge is 0.328 e. The van der Waals surface area contributed by atoms with Crippen molar-refractivity contribution in [3.63, 3.8) is 0 Å². The highest BCUT2D eigenvalue weighted by molar-refractivity contribution is 7.95. The van der Waals surface area contributed by atoms with Gasteiger partial charge in [-0.3, -0.25) is 9.59 Å². The first kappa shape index (κ1) is 18.5. The zero-order valence-corrected chi connectivity index (χ0v) is 14.9. The SMILES string of the molecule is O=C(CNS(=O)(=O)C1CCS(=O)(=O)C1)ON1C(=O)c2ccccc2C1=O. The molecule has 2 aliphatic rings. The van der Waals surface area contributed by atoms with Gasteiger partial charge in [0.1, 0.15) is 6.54 Å². The summed E-state index contributed by atoms with van der Waals surface area (Å²) >= 11 is 0. The van der Waals surface area contributed by atoms with E-state index >= 15 is 0 Å². The molecule has 1 atom stereocenters. The largest absolute Gasteiger partial charge is 0.347 e. The van der Waals surface area contributed by atoms with Gasteiger partial charge in [-0.05, 0) is 18.6 Å². The predicted molar refractivity (Wildman–Crippen MR) is 87.0 cm³/mol. The Morgan fingerprint density at radius 2 is 1.77 bits per heavy atom. The van der Waals surface area contributed by atoms with E-state index in [1.54, 1.807) is 12.1 Å². The Hall–Kier alpha value is -2.31. The number of carbonyl (C=O) groups excluding carboxylic acids is 3. The van der Waals surface area contributed by atoms with E-state index in [2.05, 4.69) is 4.84 Å². The van der Waals surface area contributed by atoms with Crippen LogP contribution in [0.25, 0.3) is 0 Å². The molecule has 1 fully saturated rings. The molecule has 2 amide bonds. The summed E-state index contributed by atoms with van der Waals surface area (Å²) in [5.41, 5.74) is 0.143. The molecule has 0 saturated carbocycles. The average molecular weight is 402 g/mol. The number of hydrogen-bond acceptors (Lipinski definition) is 8. The van der Waals surface area contributed by atoms with Crippen molar-refractivity contribution < 1.29 is 36.1 Å². The number of benzene rings is 1. The van der Waals surface area contributed by atoms with E-state index in [4.69, 9.17) is 0 Å². The lowest BCUT2D eigenvalue weighted by Gasteiger charge is -2.14. The lowest BCUT2D eigenvalue weighted by Crippen LogP contribution is -2.41. The minimum Gasteiger partial charge on any atom is -0.328 e. The molecular formula is C14H14N2O8S2. The Bertz CT molecular complexity index is 965. The molecule has 1 aromatic rings. The average Bonchev–Trinajstić information content (AvgIpc) is 3.07. The van der Waals surface area contributed by atoms with Gasteiger partial charge in [-0.25, -0.2) is 26.4 Å². The van der Waals surface area contributed by atoms with Crippen LogP contribution in [0.4, 0.5) is 0 Å². The van der Waals surface area contributed by atoms with E-state index < -0.39 is 55.2 Å². The highest BCUT2D eigenvalue weighted by Gasteiger charge is 2.40. The monoisotopic (exact) mass is 402 g/mol. The van der Waals surface area contributed by atoms with Gasteiger partial charge in [0.25, 0.3) is 11.8 Å². The van der Waals surface area contributed by atoms with E-state index in [1.807, 2.05) is 4.72 Å². The third kappa shape index (κ3) is 3.48. The van der Waals surface area contributed by atoms with Crippen LogP contribution in [-0.4, -0.2) is 63.0 Å². The van der Waals surface area contributed by atoms with Crippen molar-refractivity contribution in [3.8, 4) is 0 Å². The highest BCUT2D eigenvalue weighted by atomic mass is 32.2. The van der Waals surface area contributed by atoms with Gasteiger partial charge in [-0.15, -0.1) is 0 Å². The maximum Gasteiger partial charge on any atom is 0.347 e. The van der Waals surface area contributed by atoms with Gasteiger partial charge in [0.2, 0.25) is 10.0 Å². The number of imide groups is 1. The lowest BCUT2D eigenvalue weighted by molar-refractivity contribution is -0.166. The first-order chi connectivity index (χ1) is 12.1. The first-order valence-electron chi connectivity index (χ1n) is 7.48. The fourth-order valence-electron chi connectivity index (χ4n) is 2.67. The van der Waals surface area contributed by atoms with Crippen molar-refractivity contribution in [2.45, 2.75) is 11.7 Å². The van der Waals surface area contributed by atoms with E-state index in [0.29, 0.717) is 0 Å². The number of fused-ring (bicyclic) bond motifs is 1. The van der Waals surface area contributed by atoms with Crippen LogP contribution in [0.15, 0.2) is 24.3 Å². The van der Waals surface area contributed by atoms with Crippen LogP contribution >= 0.6 is 0 Å². The predicted octanol–water partition coefficient (Wildman–Crippen LogP) is -1.15. The summed E-state index contributed by atoms with van der Waals surface area (Å²) in [6.07, 6.45) is -0.0644. The number of sulfone groups is 1. The van der Waals surface area contributed by atoms with Crippen LogP contribution in [0.1, 0.15) is 27.1 Å². The van der Waals surface area contributed by atoms with Crippen molar-refractivity contribution >= 4 is 37.6 Å². The van der Waals surface area contributed by atoms with Crippen LogP contribution in [0.5, 0.6) is 0 Å². The summed E-state index contributed by atoms with van der Waals surface area (Å²) in [6, 6.07) is 5.87. The van der Waals surface area contributed by atoms with Crippen LogP contribution in [0, 0.1) is 0 Å². The van der Waals surface area contributed by atoms with Crippen LogP contribution in [0.2, 0.25) is 0 Å². The topological polar surface area (TPSA) is 144 Å². The van der Waals surface area contributed by atoms with Gasteiger partial charge >= 0.3 is 5.97 Å².